The van der Waals surface area contributed by atoms with E-state index in [1.54, 1.807) is 16.7 Å². The SMILES string of the molecule is COCCCOCCCC(=O)NCCC(=O)N1Cc2ccccc2-c2nnn(CCOC(=O)CCCCCC(CC(C)(C)C)C(=O)C(C)(C)C)c2-c2ccccc21. The van der Waals surface area contributed by atoms with Crippen LogP contribution in [0.25, 0.3) is 22.5 Å². The van der Waals surface area contributed by atoms with E-state index in [1.165, 1.54) is 0 Å². The number of ether oxygens (including phenoxy) is 3. The number of Topliss-reactive ketones (excluding diaryl/α,β-unsaturated/α-hetero) is 1. The Labute approximate surface area is 339 Å². The third-order valence-corrected chi connectivity index (χ3v) is 10.0. The van der Waals surface area contributed by atoms with Crippen molar-refractivity contribution in [2.45, 2.75) is 119 Å². The minimum atomic E-state index is -0.370. The second-order valence-electron chi connectivity index (χ2n) is 17.2. The van der Waals surface area contributed by atoms with Crippen LogP contribution >= 0.6 is 0 Å². The topological polar surface area (TPSA) is 142 Å². The van der Waals surface area contributed by atoms with E-state index >= 15 is 0 Å². The fourth-order valence-electron chi connectivity index (χ4n) is 7.30. The molecule has 1 aliphatic heterocycles. The first kappa shape index (κ1) is 45.3. The van der Waals surface area contributed by atoms with Gasteiger partial charge >= 0.3 is 5.97 Å². The fourth-order valence-corrected chi connectivity index (χ4v) is 7.30. The molecule has 0 saturated carbocycles. The molecule has 4 rings (SSSR count). The third kappa shape index (κ3) is 14.2. The van der Waals surface area contributed by atoms with Gasteiger partial charge in [-0.25, -0.2) is 4.68 Å². The zero-order valence-electron chi connectivity index (χ0n) is 35.4. The summed E-state index contributed by atoms with van der Waals surface area (Å²) < 4.78 is 18.0. The minimum absolute atomic E-state index is 0.0203. The van der Waals surface area contributed by atoms with E-state index in [2.05, 4.69) is 36.4 Å². The molecule has 312 valence electrons. The maximum atomic E-state index is 13.9. The van der Waals surface area contributed by atoms with E-state index < -0.39 is 0 Å². The van der Waals surface area contributed by atoms with Crippen molar-refractivity contribution in [3.63, 3.8) is 0 Å². The molecule has 1 atom stereocenters. The number of hydrogen-bond donors (Lipinski definition) is 1. The molecule has 2 aromatic carbocycles. The predicted octanol–water partition coefficient (Wildman–Crippen LogP) is 7.96. The number of nitrogens with one attached hydrogen (secondary N) is 1. The number of nitrogens with zero attached hydrogens (tertiary/aromatic N) is 4. The molecule has 0 saturated heterocycles. The van der Waals surface area contributed by atoms with Crippen molar-refractivity contribution in [3.05, 3.63) is 54.1 Å². The van der Waals surface area contributed by atoms with E-state index in [1.807, 2.05) is 69.3 Å². The standard InChI is InChI=1S/C45H65N5O7/c1-44(2,3)31-33(43(54)45(4,5)6)17-9-8-10-23-40(53)57-30-26-50-42-36-20-13-14-21-37(36)49(32-34-18-11-12-19-35(34)41(42)47-48-50)39(52)24-25-46-38(51)22-15-28-56-29-16-27-55-7/h11-14,18-21,33H,8-10,15-17,22-32H2,1-7H3,(H,46,51). The lowest BCUT2D eigenvalue weighted by molar-refractivity contribution is -0.144. The summed E-state index contributed by atoms with van der Waals surface area (Å²) in [5.41, 5.74) is 4.42. The summed E-state index contributed by atoms with van der Waals surface area (Å²) in [4.78, 5) is 54.1. The molecule has 0 radical (unpaired) electrons. The molecule has 57 heavy (non-hydrogen) atoms. The van der Waals surface area contributed by atoms with Crippen LogP contribution in [0, 0.1) is 16.7 Å². The van der Waals surface area contributed by atoms with Crippen LogP contribution in [0.5, 0.6) is 0 Å². The van der Waals surface area contributed by atoms with E-state index in [4.69, 9.17) is 14.2 Å². The lowest BCUT2D eigenvalue weighted by Crippen LogP contribution is -2.35. The normalized spacial score (nSPS) is 13.1. The van der Waals surface area contributed by atoms with Gasteiger partial charge in [0.05, 0.1) is 24.5 Å². The van der Waals surface area contributed by atoms with Crippen LogP contribution in [-0.4, -0.2) is 78.6 Å². The quantitative estimate of drug-likeness (QED) is 0.0793. The number of carbonyl (C=O) groups excluding carboxylic acids is 4. The summed E-state index contributed by atoms with van der Waals surface area (Å²) in [6, 6.07) is 15.5. The number of anilines is 1. The third-order valence-electron chi connectivity index (χ3n) is 10.0. The van der Waals surface area contributed by atoms with E-state index in [-0.39, 0.29) is 60.6 Å². The van der Waals surface area contributed by atoms with Crippen LogP contribution in [0.15, 0.2) is 48.5 Å². The first-order valence-electron chi connectivity index (χ1n) is 20.6. The zero-order valence-corrected chi connectivity index (χ0v) is 35.4. The Morgan fingerprint density at radius 3 is 2.26 bits per heavy atom. The van der Waals surface area contributed by atoms with E-state index in [0.717, 1.165) is 54.5 Å². The summed E-state index contributed by atoms with van der Waals surface area (Å²) in [7, 11) is 1.65. The average Bonchev–Trinajstić information content (AvgIpc) is 3.57. The Morgan fingerprint density at radius 1 is 0.807 bits per heavy atom. The number of amides is 2. The van der Waals surface area contributed by atoms with Crippen LogP contribution in [0.3, 0.4) is 0 Å². The van der Waals surface area contributed by atoms with Gasteiger partial charge in [0.2, 0.25) is 11.8 Å². The van der Waals surface area contributed by atoms with Crippen molar-refractivity contribution in [2.75, 3.05) is 45.0 Å². The molecule has 12 nitrogen and oxygen atoms in total. The molecule has 12 heteroatoms. The lowest BCUT2D eigenvalue weighted by Gasteiger charge is -2.30. The maximum absolute atomic E-state index is 13.9. The number of methoxy groups -OCH3 is 1. The summed E-state index contributed by atoms with van der Waals surface area (Å²) in [6.45, 7) is 15.2. The van der Waals surface area contributed by atoms with E-state index in [0.29, 0.717) is 69.2 Å². The Balaban J connectivity index is 1.35. The van der Waals surface area contributed by atoms with Gasteiger partial charge < -0.3 is 24.4 Å². The molecule has 1 aromatic heterocycles. The number of hydrogen-bond acceptors (Lipinski definition) is 9. The number of esters is 1. The smallest absolute Gasteiger partial charge is 0.305 e. The van der Waals surface area contributed by atoms with Gasteiger partial charge in [0.15, 0.2) is 0 Å². The first-order valence-corrected chi connectivity index (χ1v) is 20.6. The monoisotopic (exact) mass is 787 g/mol. The number of ketones is 1. The van der Waals surface area contributed by atoms with Gasteiger partial charge in [-0.05, 0) is 49.1 Å². The lowest BCUT2D eigenvalue weighted by atomic mass is 9.74. The number of para-hydroxylation sites is 1. The number of unbranched alkanes of at least 4 members (excludes halogenated alkanes) is 2. The molecule has 2 amide bonds. The zero-order chi connectivity index (χ0) is 41.4. The molecule has 1 aliphatic rings. The van der Waals surface area contributed by atoms with Crippen molar-refractivity contribution in [3.8, 4) is 22.5 Å². The highest BCUT2D eigenvalue weighted by Crippen LogP contribution is 2.41. The molecule has 1 N–H and O–H groups in total. The number of rotatable bonds is 22. The van der Waals surface area contributed by atoms with Crippen LogP contribution in [-0.2, 0) is 46.5 Å². The molecule has 3 aromatic rings. The number of fused-ring (bicyclic) bond motifs is 5. The number of carbonyl (C=O) groups is 4. The highest BCUT2D eigenvalue weighted by atomic mass is 16.5. The number of aromatic nitrogens is 3. The van der Waals surface area contributed by atoms with Crippen molar-refractivity contribution >= 4 is 29.3 Å². The van der Waals surface area contributed by atoms with Crippen molar-refractivity contribution in [2.24, 2.45) is 16.7 Å². The second kappa shape index (κ2) is 21.9. The van der Waals surface area contributed by atoms with Gasteiger partial charge in [0, 0.05) is 75.2 Å². The highest BCUT2D eigenvalue weighted by Gasteiger charge is 2.32. The van der Waals surface area contributed by atoms with Crippen LogP contribution in [0.4, 0.5) is 5.69 Å². The molecule has 0 aliphatic carbocycles. The fraction of sp³-hybridized carbons (Fsp3) is 0.600. The van der Waals surface area contributed by atoms with Gasteiger partial charge in [-0.15, -0.1) is 5.10 Å². The number of benzene rings is 2. The predicted molar refractivity (Wildman–Crippen MR) is 222 cm³/mol. The van der Waals surface area contributed by atoms with Crippen molar-refractivity contribution < 1.29 is 33.4 Å². The Morgan fingerprint density at radius 2 is 1.53 bits per heavy atom. The van der Waals surface area contributed by atoms with Gasteiger partial charge in [0.25, 0.3) is 0 Å². The van der Waals surface area contributed by atoms with Crippen LogP contribution in [0.1, 0.15) is 111 Å². The summed E-state index contributed by atoms with van der Waals surface area (Å²) in [5, 5.41) is 12.0. The highest BCUT2D eigenvalue weighted by molar-refractivity contribution is 6.00. The Hall–Kier alpha value is -4.42. The minimum Gasteiger partial charge on any atom is -0.464 e. The molecule has 2 heterocycles. The molecule has 1 unspecified atom stereocenters. The molecular weight excluding hydrogens is 723 g/mol. The van der Waals surface area contributed by atoms with Crippen LogP contribution < -0.4 is 10.2 Å². The van der Waals surface area contributed by atoms with Crippen LogP contribution in [0.2, 0.25) is 0 Å². The van der Waals surface area contributed by atoms with Crippen molar-refractivity contribution in [1.29, 1.82) is 0 Å². The van der Waals surface area contributed by atoms with E-state index in [9.17, 15) is 19.2 Å². The first-order chi connectivity index (χ1) is 27.2. The van der Waals surface area contributed by atoms with Gasteiger partial charge in [-0.3, -0.25) is 19.2 Å². The summed E-state index contributed by atoms with van der Waals surface area (Å²) in [6.07, 6.45) is 6.31. The average molecular weight is 788 g/mol. The molecule has 0 spiro atoms. The second-order valence-corrected chi connectivity index (χ2v) is 17.2. The molecule has 0 bridgehead atoms. The Kier molecular flexibility index (Phi) is 17.4. The molecular formula is C45H65N5O7. The largest absolute Gasteiger partial charge is 0.464 e. The van der Waals surface area contributed by atoms with Gasteiger partial charge in [0.1, 0.15) is 18.1 Å². The summed E-state index contributed by atoms with van der Waals surface area (Å²) in [5.74, 6) is -0.174. The van der Waals surface area contributed by atoms with Gasteiger partial charge in [-0.1, -0.05) is 102 Å². The molecule has 0 fully saturated rings. The maximum Gasteiger partial charge on any atom is 0.305 e. The summed E-state index contributed by atoms with van der Waals surface area (Å²) >= 11 is 0. The Bertz CT molecular complexity index is 1770. The van der Waals surface area contributed by atoms with Gasteiger partial charge in [-0.2, -0.15) is 0 Å². The van der Waals surface area contributed by atoms with Crippen molar-refractivity contribution in [1.82, 2.24) is 20.3 Å².